The molecule has 4 aromatic rings. The van der Waals surface area contributed by atoms with Gasteiger partial charge in [0.25, 0.3) is 5.89 Å². The fourth-order valence-corrected chi connectivity index (χ4v) is 4.60. The van der Waals surface area contributed by atoms with E-state index < -0.39 is 11.6 Å². The van der Waals surface area contributed by atoms with Gasteiger partial charge in [-0.3, -0.25) is 4.79 Å². The number of carbonyl (C=O) groups is 2. The van der Waals surface area contributed by atoms with Crippen LogP contribution in [0.1, 0.15) is 60.5 Å². The van der Waals surface area contributed by atoms with Crippen molar-refractivity contribution in [2.45, 2.75) is 45.3 Å². The van der Waals surface area contributed by atoms with Gasteiger partial charge in [0.15, 0.2) is 5.82 Å². The first-order chi connectivity index (χ1) is 20.1. The van der Waals surface area contributed by atoms with E-state index in [1.54, 1.807) is 18.3 Å². The lowest BCUT2D eigenvalue weighted by Gasteiger charge is -2.20. The zero-order valence-electron chi connectivity index (χ0n) is 23.5. The number of allylic oxidation sites excluding steroid dienone is 1. The van der Waals surface area contributed by atoms with Crippen molar-refractivity contribution < 1.29 is 24.0 Å². The number of ether oxygens (including phenoxy) is 1. The number of fused-ring (bicyclic) bond motifs is 1. The highest BCUT2D eigenvalue weighted by atomic mass is 16.6. The Morgan fingerprint density at radius 1 is 1.12 bits per heavy atom. The SMILES string of the molecule is C=C(CCc1noc(-c2cnc(Nc3ccc4c(c3)C(C)(C)OC4=O)nc2N[C@H](CO)c2ccccc2)n1)NC(C)=O. The summed E-state index contributed by atoms with van der Waals surface area (Å²) in [6.07, 6.45) is 2.39. The number of aryl methyl sites for hydroxylation is 1. The van der Waals surface area contributed by atoms with Crippen molar-refractivity contribution in [3.8, 4) is 11.5 Å². The molecule has 1 aliphatic rings. The van der Waals surface area contributed by atoms with Crippen molar-refractivity contribution in [3.05, 3.63) is 89.5 Å². The fourth-order valence-electron chi connectivity index (χ4n) is 4.60. The monoisotopic (exact) mass is 569 g/mol. The second-order valence-electron chi connectivity index (χ2n) is 10.3. The van der Waals surface area contributed by atoms with Gasteiger partial charge in [0.1, 0.15) is 17.0 Å². The summed E-state index contributed by atoms with van der Waals surface area (Å²) in [6.45, 7) is 8.71. The zero-order valence-corrected chi connectivity index (χ0v) is 23.5. The van der Waals surface area contributed by atoms with Crippen LogP contribution in [0.4, 0.5) is 17.5 Å². The van der Waals surface area contributed by atoms with Gasteiger partial charge < -0.3 is 30.3 Å². The molecule has 2 aromatic heterocycles. The molecule has 0 fully saturated rings. The van der Waals surface area contributed by atoms with Gasteiger partial charge >= 0.3 is 5.97 Å². The lowest BCUT2D eigenvalue weighted by molar-refractivity contribution is -0.118. The minimum atomic E-state index is -0.754. The molecule has 2 aromatic carbocycles. The van der Waals surface area contributed by atoms with Gasteiger partial charge in [-0.2, -0.15) is 9.97 Å². The number of carbonyl (C=O) groups excluding carboxylic acids is 2. The third kappa shape index (κ3) is 6.28. The van der Waals surface area contributed by atoms with Gasteiger partial charge in [0.2, 0.25) is 11.9 Å². The number of cyclic esters (lactones) is 1. The first-order valence-electron chi connectivity index (χ1n) is 13.4. The van der Waals surface area contributed by atoms with E-state index in [1.165, 1.54) is 6.92 Å². The molecule has 1 atom stereocenters. The number of esters is 1. The van der Waals surface area contributed by atoms with Gasteiger partial charge in [-0.1, -0.05) is 42.1 Å². The number of nitrogens with zero attached hydrogens (tertiary/aromatic N) is 4. The highest BCUT2D eigenvalue weighted by Crippen LogP contribution is 2.38. The Morgan fingerprint density at radius 3 is 2.64 bits per heavy atom. The number of hydrogen-bond donors (Lipinski definition) is 4. The van der Waals surface area contributed by atoms with Crippen molar-refractivity contribution in [3.63, 3.8) is 0 Å². The van der Waals surface area contributed by atoms with Gasteiger partial charge in [-0.25, -0.2) is 9.78 Å². The molecule has 0 bridgehead atoms. The van der Waals surface area contributed by atoms with Crippen molar-refractivity contribution in [2.24, 2.45) is 0 Å². The van der Waals surface area contributed by atoms with Crippen LogP contribution in [0.2, 0.25) is 0 Å². The molecule has 1 aliphatic heterocycles. The lowest BCUT2D eigenvalue weighted by atomic mass is 9.95. The third-order valence-electron chi connectivity index (χ3n) is 6.68. The highest BCUT2D eigenvalue weighted by molar-refractivity contribution is 5.95. The van der Waals surface area contributed by atoms with Crippen molar-refractivity contribution in [1.29, 1.82) is 0 Å². The highest BCUT2D eigenvalue weighted by Gasteiger charge is 2.37. The summed E-state index contributed by atoms with van der Waals surface area (Å²) >= 11 is 0. The first-order valence-corrected chi connectivity index (χ1v) is 13.4. The molecular weight excluding hydrogens is 538 g/mol. The summed E-state index contributed by atoms with van der Waals surface area (Å²) in [5, 5.41) is 23.4. The normalized spacial score (nSPS) is 14.0. The predicted molar refractivity (Wildman–Crippen MR) is 155 cm³/mol. The molecule has 5 rings (SSSR count). The molecule has 0 saturated carbocycles. The summed E-state index contributed by atoms with van der Waals surface area (Å²) in [4.78, 5) is 37.1. The zero-order chi connectivity index (χ0) is 29.9. The van der Waals surface area contributed by atoms with E-state index in [0.717, 1.165) is 11.1 Å². The molecule has 42 heavy (non-hydrogen) atoms. The maximum absolute atomic E-state index is 12.2. The van der Waals surface area contributed by atoms with Crippen molar-refractivity contribution in [1.82, 2.24) is 25.4 Å². The van der Waals surface area contributed by atoms with E-state index in [2.05, 4.69) is 42.6 Å². The number of aliphatic hydroxyl groups is 1. The number of nitrogens with one attached hydrogen (secondary N) is 3. The van der Waals surface area contributed by atoms with Gasteiger partial charge in [-0.05, 0) is 44.0 Å². The summed E-state index contributed by atoms with van der Waals surface area (Å²) < 4.78 is 11.0. The number of rotatable bonds is 11. The molecule has 12 nitrogen and oxygen atoms in total. The molecular formula is C30H31N7O5. The van der Waals surface area contributed by atoms with Gasteiger partial charge in [-0.15, -0.1) is 0 Å². The van der Waals surface area contributed by atoms with Crippen LogP contribution < -0.4 is 16.0 Å². The molecule has 216 valence electrons. The van der Waals surface area contributed by atoms with Crippen LogP contribution in [0, 0.1) is 0 Å². The minimum Gasteiger partial charge on any atom is -0.451 e. The second-order valence-corrected chi connectivity index (χ2v) is 10.3. The van der Waals surface area contributed by atoms with E-state index in [-0.39, 0.29) is 30.3 Å². The molecule has 1 amide bonds. The molecule has 0 unspecified atom stereocenters. The second kappa shape index (κ2) is 11.8. The summed E-state index contributed by atoms with van der Waals surface area (Å²) in [5.41, 5.74) is 3.03. The van der Waals surface area contributed by atoms with Crippen LogP contribution in [0.5, 0.6) is 0 Å². The fraction of sp³-hybridized carbons (Fsp3) is 0.267. The summed E-state index contributed by atoms with van der Waals surface area (Å²) in [5.74, 6) is 0.669. The molecule has 4 N–H and O–H groups in total. The number of hydrogen-bond acceptors (Lipinski definition) is 11. The predicted octanol–water partition coefficient (Wildman–Crippen LogP) is 4.40. The molecule has 3 heterocycles. The minimum absolute atomic E-state index is 0.184. The van der Waals surface area contributed by atoms with Crippen LogP contribution in [0.15, 0.2) is 71.5 Å². The maximum Gasteiger partial charge on any atom is 0.339 e. The van der Waals surface area contributed by atoms with Crippen LogP contribution in [-0.4, -0.2) is 43.7 Å². The van der Waals surface area contributed by atoms with Crippen molar-refractivity contribution in [2.75, 3.05) is 17.2 Å². The largest absolute Gasteiger partial charge is 0.451 e. The average molecular weight is 570 g/mol. The Labute approximate surface area is 242 Å². The van der Waals surface area contributed by atoms with Crippen LogP contribution in [0.3, 0.4) is 0 Å². The average Bonchev–Trinajstić information content (AvgIpc) is 3.52. The number of aromatic nitrogens is 4. The van der Waals surface area contributed by atoms with Crippen LogP contribution in [0.25, 0.3) is 11.5 Å². The molecule has 12 heteroatoms. The Balaban J connectivity index is 1.44. The maximum atomic E-state index is 12.2. The number of benzene rings is 2. The quantitative estimate of drug-likeness (QED) is 0.189. The van der Waals surface area contributed by atoms with E-state index >= 15 is 0 Å². The van der Waals surface area contributed by atoms with Gasteiger partial charge in [0, 0.05) is 36.5 Å². The van der Waals surface area contributed by atoms with E-state index in [0.29, 0.717) is 47.0 Å². The van der Waals surface area contributed by atoms with Crippen molar-refractivity contribution >= 4 is 29.3 Å². The lowest BCUT2D eigenvalue weighted by Crippen LogP contribution is -2.18. The summed E-state index contributed by atoms with van der Waals surface area (Å²) in [7, 11) is 0. The topological polar surface area (TPSA) is 164 Å². The Bertz CT molecular complexity index is 1630. The molecule has 0 saturated heterocycles. The Kier molecular flexibility index (Phi) is 7.98. The van der Waals surface area contributed by atoms with E-state index in [1.807, 2.05) is 50.2 Å². The molecule has 0 aliphatic carbocycles. The number of amides is 1. The van der Waals surface area contributed by atoms with Gasteiger partial charge in [0.05, 0.1) is 18.2 Å². The third-order valence-corrected chi connectivity index (χ3v) is 6.68. The summed E-state index contributed by atoms with van der Waals surface area (Å²) in [6, 6.07) is 14.3. The van der Waals surface area contributed by atoms with E-state index in [4.69, 9.17) is 9.26 Å². The number of aliphatic hydroxyl groups excluding tert-OH is 1. The van der Waals surface area contributed by atoms with E-state index in [9.17, 15) is 14.7 Å². The van der Waals surface area contributed by atoms with Crippen LogP contribution in [-0.2, 0) is 21.6 Å². The number of anilines is 3. The molecule has 0 spiro atoms. The Hall–Kier alpha value is -5.10. The standard InChI is InChI=1S/C30H31N7O5/c1-17(32-18(2)39)10-13-25-35-27(42-37-25)22-15-31-29(36-26(22)34-24(16-38)19-8-6-5-7-9-19)33-20-11-12-21-23(14-20)30(3,4)41-28(21)40/h5-9,11-12,14-15,24,38H,1,10,13,16H2,2-4H3,(H,32,39)(H2,31,33,34,36)/t24-/m1/s1. The first kappa shape index (κ1) is 28.4. The molecule has 0 radical (unpaired) electrons. The van der Waals surface area contributed by atoms with Crippen LogP contribution >= 0.6 is 0 Å². The Morgan fingerprint density at radius 2 is 1.90 bits per heavy atom. The smallest absolute Gasteiger partial charge is 0.339 e.